The normalized spacial score (nSPS) is 12.1. The fourth-order valence-electron chi connectivity index (χ4n) is 1.42. The SMILES string of the molecule is CC(C)CC(C#N)C(=O)c1ccc([N+](=O)[O-])o1. The lowest BCUT2D eigenvalue weighted by molar-refractivity contribution is -0.402. The number of ketones is 1. The van der Waals surface area contributed by atoms with E-state index in [1.54, 1.807) is 0 Å². The Hall–Kier alpha value is -2.16. The molecule has 0 fully saturated rings. The van der Waals surface area contributed by atoms with Gasteiger partial charge in [0.25, 0.3) is 0 Å². The Bertz CT molecular complexity index is 470. The molecule has 0 amide bonds. The highest BCUT2D eigenvalue weighted by Crippen LogP contribution is 2.21. The highest BCUT2D eigenvalue weighted by molar-refractivity contribution is 5.97. The first kappa shape index (κ1) is 12.9. The van der Waals surface area contributed by atoms with Gasteiger partial charge < -0.3 is 4.42 Å². The molecule has 17 heavy (non-hydrogen) atoms. The number of hydrogen-bond donors (Lipinski definition) is 0. The minimum atomic E-state index is -0.819. The van der Waals surface area contributed by atoms with Crippen LogP contribution in [0.2, 0.25) is 0 Å². The molecule has 0 spiro atoms. The van der Waals surface area contributed by atoms with Gasteiger partial charge >= 0.3 is 5.88 Å². The van der Waals surface area contributed by atoms with E-state index in [4.69, 9.17) is 9.68 Å². The van der Waals surface area contributed by atoms with Crippen LogP contribution < -0.4 is 0 Å². The lowest BCUT2D eigenvalue weighted by Crippen LogP contribution is -2.14. The van der Waals surface area contributed by atoms with Gasteiger partial charge in [-0.05, 0) is 18.4 Å². The summed E-state index contributed by atoms with van der Waals surface area (Å²) in [5, 5.41) is 19.3. The summed E-state index contributed by atoms with van der Waals surface area (Å²) in [5.74, 6) is -1.76. The van der Waals surface area contributed by atoms with Crippen LogP contribution in [-0.4, -0.2) is 10.7 Å². The van der Waals surface area contributed by atoms with Gasteiger partial charge in [-0.15, -0.1) is 0 Å². The maximum absolute atomic E-state index is 11.8. The Balaban J connectivity index is 2.87. The van der Waals surface area contributed by atoms with Crippen LogP contribution in [0.4, 0.5) is 5.88 Å². The third-order valence-corrected chi connectivity index (χ3v) is 2.19. The van der Waals surface area contributed by atoms with E-state index < -0.39 is 22.5 Å². The molecule has 1 atom stereocenters. The van der Waals surface area contributed by atoms with Crippen molar-refractivity contribution >= 4 is 11.7 Å². The number of nitrogens with zero attached hydrogens (tertiary/aromatic N) is 2. The van der Waals surface area contributed by atoms with Crippen molar-refractivity contribution in [1.82, 2.24) is 0 Å². The summed E-state index contributed by atoms with van der Waals surface area (Å²) in [6, 6.07) is 4.23. The van der Waals surface area contributed by atoms with Crippen molar-refractivity contribution in [3.8, 4) is 6.07 Å². The van der Waals surface area contributed by atoms with Crippen molar-refractivity contribution < 1.29 is 14.1 Å². The average molecular weight is 236 g/mol. The predicted molar refractivity (Wildman–Crippen MR) is 58.3 cm³/mol. The van der Waals surface area contributed by atoms with Crippen LogP contribution in [0.5, 0.6) is 0 Å². The summed E-state index contributed by atoms with van der Waals surface area (Å²) in [6.45, 7) is 3.78. The summed E-state index contributed by atoms with van der Waals surface area (Å²) in [5.41, 5.74) is 0. The molecular weight excluding hydrogens is 224 g/mol. The number of nitro groups is 1. The van der Waals surface area contributed by atoms with Crippen molar-refractivity contribution in [3.63, 3.8) is 0 Å². The Morgan fingerprint density at radius 3 is 2.65 bits per heavy atom. The van der Waals surface area contributed by atoms with E-state index in [0.29, 0.717) is 6.42 Å². The number of furan rings is 1. The first-order valence-electron chi connectivity index (χ1n) is 5.13. The van der Waals surface area contributed by atoms with Crippen molar-refractivity contribution in [2.45, 2.75) is 20.3 Å². The van der Waals surface area contributed by atoms with Crippen LogP contribution in [0.3, 0.4) is 0 Å². The molecule has 6 nitrogen and oxygen atoms in total. The maximum Gasteiger partial charge on any atom is 0.433 e. The third-order valence-electron chi connectivity index (χ3n) is 2.19. The number of Topliss-reactive ketones (excluding diaryl/α,β-unsaturated/α-hetero) is 1. The highest BCUT2D eigenvalue weighted by atomic mass is 16.6. The van der Waals surface area contributed by atoms with Gasteiger partial charge in [0.2, 0.25) is 5.78 Å². The second-order valence-corrected chi connectivity index (χ2v) is 4.07. The molecule has 0 bridgehead atoms. The molecule has 6 heteroatoms. The van der Waals surface area contributed by atoms with Gasteiger partial charge in [0.1, 0.15) is 10.8 Å². The van der Waals surface area contributed by atoms with E-state index in [0.717, 1.165) is 6.07 Å². The highest BCUT2D eigenvalue weighted by Gasteiger charge is 2.25. The fraction of sp³-hybridized carbons (Fsp3) is 0.455. The van der Waals surface area contributed by atoms with Gasteiger partial charge in [-0.1, -0.05) is 13.8 Å². The number of nitriles is 1. The molecule has 1 unspecified atom stereocenters. The zero-order chi connectivity index (χ0) is 13.0. The standard InChI is InChI=1S/C11H12N2O4/c1-7(2)5-8(6-12)11(14)9-3-4-10(17-9)13(15)16/h3-4,7-8H,5H2,1-2H3. The van der Waals surface area contributed by atoms with Gasteiger partial charge in [-0.2, -0.15) is 5.26 Å². The lowest BCUT2D eigenvalue weighted by Gasteiger charge is -2.08. The Labute approximate surface area is 98.0 Å². The van der Waals surface area contributed by atoms with Crippen molar-refractivity contribution in [2.24, 2.45) is 11.8 Å². The molecule has 1 aromatic rings. The zero-order valence-corrected chi connectivity index (χ0v) is 9.54. The molecular formula is C11H12N2O4. The minimum Gasteiger partial charge on any atom is -0.397 e. The summed E-state index contributed by atoms with van der Waals surface area (Å²) in [4.78, 5) is 21.5. The number of carbonyl (C=O) groups is 1. The van der Waals surface area contributed by atoms with Gasteiger partial charge in [-0.3, -0.25) is 14.9 Å². The van der Waals surface area contributed by atoms with Crippen molar-refractivity contribution in [2.75, 3.05) is 0 Å². The first-order chi connectivity index (χ1) is 7.95. The molecule has 1 rings (SSSR count). The van der Waals surface area contributed by atoms with Crippen LogP contribution in [0, 0.1) is 33.3 Å². The zero-order valence-electron chi connectivity index (χ0n) is 9.54. The van der Waals surface area contributed by atoms with Gasteiger partial charge in [0, 0.05) is 0 Å². The molecule has 0 aliphatic heterocycles. The Kier molecular flexibility index (Phi) is 3.99. The summed E-state index contributed by atoms with van der Waals surface area (Å²) in [7, 11) is 0. The molecule has 90 valence electrons. The first-order valence-corrected chi connectivity index (χ1v) is 5.13. The van der Waals surface area contributed by atoms with Gasteiger partial charge in [0.05, 0.1) is 12.1 Å². The molecule has 0 saturated heterocycles. The third kappa shape index (κ3) is 3.14. The van der Waals surface area contributed by atoms with E-state index in [2.05, 4.69) is 0 Å². The van der Waals surface area contributed by atoms with Crippen LogP contribution in [0.15, 0.2) is 16.5 Å². The molecule has 0 aromatic carbocycles. The van der Waals surface area contributed by atoms with E-state index in [-0.39, 0.29) is 11.7 Å². The topological polar surface area (TPSA) is 97.1 Å². The largest absolute Gasteiger partial charge is 0.433 e. The molecule has 0 radical (unpaired) electrons. The maximum atomic E-state index is 11.8. The molecule has 0 saturated carbocycles. The summed E-state index contributed by atoms with van der Waals surface area (Å²) >= 11 is 0. The van der Waals surface area contributed by atoms with E-state index in [9.17, 15) is 14.9 Å². The fourth-order valence-corrected chi connectivity index (χ4v) is 1.42. The quantitative estimate of drug-likeness (QED) is 0.444. The predicted octanol–water partition coefficient (Wildman–Crippen LogP) is 2.56. The van der Waals surface area contributed by atoms with E-state index in [1.165, 1.54) is 6.07 Å². The monoisotopic (exact) mass is 236 g/mol. The molecule has 1 heterocycles. The van der Waals surface area contributed by atoms with E-state index in [1.807, 2.05) is 19.9 Å². The average Bonchev–Trinajstić information content (AvgIpc) is 2.73. The van der Waals surface area contributed by atoms with E-state index >= 15 is 0 Å². The number of hydrogen-bond acceptors (Lipinski definition) is 5. The Morgan fingerprint density at radius 2 is 2.24 bits per heavy atom. The lowest BCUT2D eigenvalue weighted by atomic mass is 9.93. The second kappa shape index (κ2) is 5.25. The molecule has 0 N–H and O–H groups in total. The van der Waals surface area contributed by atoms with Crippen molar-refractivity contribution in [3.05, 3.63) is 28.0 Å². The van der Waals surface area contributed by atoms with Gasteiger partial charge in [-0.25, -0.2) is 0 Å². The smallest absolute Gasteiger partial charge is 0.397 e. The minimum absolute atomic E-state index is 0.135. The number of rotatable bonds is 5. The van der Waals surface area contributed by atoms with Gasteiger partial charge in [0.15, 0.2) is 5.76 Å². The Morgan fingerprint density at radius 1 is 1.59 bits per heavy atom. The summed E-state index contributed by atoms with van der Waals surface area (Å²) in [6.07, 6.45) is 0.407. The molecule has 1 aromatic heterocycles. The van der Waals surface area contributed by atoms with Crippen LogP contribution in [-0.2, 0) is 0 Å². The van der Waals surface area contributed by atoms with Crippen LogP contribution in [0.1, 0.15) is 30.8 Å². The number of carbonyl (C=O) groups excluding carboxylic acids is 1. The van der Waals surface area contributed by atoms with Crippen LogP contribution >= 0.6 is 0 Å². The summed E-state index contributed by atoms with van der Waals surface area (Å²) < 4.78 is 4.77. The van der Waals surface area contributed by atoms with Crippen molar-refractivity contribution in [1.29, 1.82) is 5.26 Å². The second-order valence-electron chi connectivity index (χ2n) is 4.07. The molecule has 0 aliphatic carbocycles. The van der Waals surface area contributed by atoms with Crippen LogP contribution in [0.25, 0.3) is 0 Å². The molecule has 0 aliphatic rings.